The molecule has 3 unspecified atom stereocenters. The van der Waals surface area contributed by atoms with E-state index in [1.807, 2.05) is 0 Å². The Bertz CT molecular complexity index is 474. The van der Waals surface area contributed by atoms with Gasteiger partial charge in [-0.3, -0.25) is 8.98 Å². The van der Waals surface area contributed by atoms with Gasteiger partial charge in [0.1, 0.15) is 0 Å². The number of hydrogen-bond acceptors (Lipinski definition) is 4. The second kappa shape index (κ2) is 11.9. The maximum absolute atomic E-state index is 11.4. The predicted molar refractivity (Wildman–Crippen MR) is 100 cm³/mol. The summed E-state index contributed by atoms with van der Waals surface area (Å²) in [5, 5.41) is 8.77. The van der Waals surface area contributed by atoms with Crippen molar-refractivity contribution in [3.63, 3.8) is 0 Å². The molecule has 1 aliphatic carbocycles. The quantitative estimate of drug-likeness (QED) is 0.310. The van der Waals surface area contributed by atoms with Crippen molar-refractivity contribution in [3.8, 4) is 0 Å². The van der Waals surface area contributed by atoms with Crippen LogP contribution in [0.5, 0.6) is 0 Å². The highest BCUT2D eigenvalue weighted by atomic mass is 32.2. The molecule has 1 fully saturated rings. The monoisotopic (exact) mass is 376 g/mol. The van der Waals surface area contributed by atoms with Crippen molar-refractivity contribution < 1.29 is 22.5 Å². The Kier molecular flexibility index (Phi) is 10.7. The Balaban J connectivity index is 2.16. The molecule has 1 rings (SSSR count). The summed E-state index contributed by atoms with van der Waals surface area (Å²) in [4.78, 5) is 10.7. The SMILES string of the molecule is CCCCCCCCC(CCCCC1CC1CC(=O)O)OS(C)(=O)=O. The molecule has 0 amide bonds. The highest BCUT2D eigenvalue weighted by Gasteiger charge is 2.37. The molecule has 3 atom stereocenters. The van der Waals surface area contributed by atoms with Gasteiger partial charge in [0.15, 0.2) is 0 Å². The zero-order valence-corrected chi connectivity index (χ0v) is 16.7. The summed E-state index contributed by atoms with van der Waals surface area (Å²) in [5.41, 5.74) is 0. The van der Waals surface area contributed by atoms with Gasteiger partial charge in [-0.2, -0.15) is 8.42 Å². The fraction of sp³-hybridized carbons (Fsp3) is 0.947. The van der Waals surface area contributed by atoms with Gasteiger partial charge < -0.3 is 5.11 Å². The van der Waals surface area contributed by atoms with Crippen LogP contribution in [-0.4, -0.2) is 31.9 Å². The third-order valence-electron chi connectivity index (χ3n) is 5.05. The van der Waals surface area contributed by atoms with E-state index in [2.05, 4.69) is 6.92 Å². The third kappa shape index (κ3) is 12.4. The summed E-state index contributed by atoms with van der Waals surface area (Å²) in [6, 6.07) is 0. The normalized spacial score (nSPS) is 21.2. The van der Waals surface area contributed by atoms with Gasteiger partial charge in [0, 0.05) is 6.42 Å². The van der Waals surface area contributed by atoms with Gasteiger partial charge in [0.05, 0.1) is 12.4 Å². The average molecular weight is 377 g/mol. The van der Waals surface area contributed by atoms with E-state index in [1.165, 1.54) is 25.7 Å². The maximum Gasteiger partial charge on any atom is 0.303 e. The van der Waals surface area contributed by atoms with Crippen LogP contribution in [0, 0.1) is 11.8 Å². The lowest BCUT2D eigenvalue weighted by Gasteiger charge is -2.16. The molecular weight excluding hydrogens is 340 g/mol. The van der Waals surface area contributed by atoms with Crippen LogP contribution in [0.3, 0.4) is 0 Å². The van der Waals surface area contributed by atoms with E-state index < -0.39 is 16.1 Å². The summed E-state index contributed by atoms with van der Waals surface area (Å²) in [6.45, 7) is 2.20. The molecule has 6 heteroatoms. The number of unbranched alkanes of at least 4 members (excludes halogenated alkanes) is 6. The molecule has 0 bridgehead atoms. The number of aliphatic carboxylic acids is 1. The fourth-order valence-electron chi connectivity index (χ4n) is 3.56. The van der Waals surface area contributed by atoms with E-state index >= 15 is 0 Å². The topological polar surface area (TPSA) is 80.7 Å². The second-order valence-corrected chi connectivity index (χ2v) is 9.22. The summed E-state index contributed by atoms with van der Waals surface area (Å²) < 4.78 is 28.1. The first-order valence-corrected chi connectivity index (χ1v) is 11.7. The number of rotatable bonds is 16. The first kappa shape index (κ1) is 22.4. The second-order valence-electron chi connectivity index (χ2n) is 7.62. The van der Waals surface area contributed by atoms with Crippen molar-refractivity contribution in [1.82, 2.24) is 0 Å². The molecule has 0 heterocycles. The van der Waals surface area contributed by atoms with Gasteiger partial charge in [-0.25, -0.2) is 0 Å². The minimum absolute atomic E-state index is 0.199. The molecule has 0 saturated heterocycles. The van der Waals surface area contributed by atoms with Crippen LogP contribution >= 0.6 is 0 Å². The Morgan fingerprint density at radius 1 is 1.04 bits per heavy atom. The number of carboxylic acid groups (broad SMARTS) is 1. The number of carbonyl (C=O) groups is 1. The van der Waals surface area contributed by atoms with Crippen molar-refractivity contribution in [2.24, 2.45) is 11.8 Å². The van der Waals surface area contributed by atoms with Crippen molar-refractivity contribution in [2.45, 2.75) is 96.5 Å². The Morgan fingerprint density at radius 3 is 2.24 bits per heavy atom. The fourth-order valence-corrected chi connectivity index (χ4v) is 4.24. The van der Waals surface area contributed by atoms with E-state index in [4.69, 9.17) is 9.29 Å². The molecular formula is C19H36O5S. The van der Waals surface area contributed by atoms with Crippen LogP contribution in [0.2, 0.25) is 0 Å². The van der Waals surface area contributed by atoms with Gasteiger partial charge in [0.25, 0.3) is 10.1 Å². The lowest BCUT2D eigenvalue weighted by Crippen LogP contribution is -2.17. The average Bonchev–Trinajstić information content (AvgIpc) is 3.22. The van der Waals surface area contributed by atoms with E-state index in [9.17, 15) is 13.2 Å². The van der Waals surface area contributed by atoms with Crippen LogP contribution in [0.1, 0.15) is 90.4 Å². The standard InChI is InChI=1S/C19H36O5S/c1-3-4-5-6-7-8-12-18(24-25(2,22)23)13-10-9-11-16-14-17(16)15-19(20)21/h16-18H,3-15H2,1-2H3,(H,20,21). The van der Waals surface area contributed by atoms with Crippen LogP contribution < -0.4 is 0 Å². The number of carboxylic acids is 1. The van der Waals surface area contributed by atoms with Gasteiger partial charge in [0.2, 0.25) is 0 Å². The molecule has 0 spiro atoms. The van der Waals surface area contributed by atoms with Gasteiger partial charge in [-0.1, -0.05) is 64.7 Å². The molecule has 1 N–H and O–H groups in total. The molecule has 5 nitrogen and oxygen atoms in total. The molecule has 1 saturated carbocycles. The lowest BCUT2D eigenvalue weighted by molar-refractivity contribution is -0.137. The van der Waals surface area contributed by atoms with Crippen LogP contribution in [-0.2, 0) is 19.1 Å². The Morgan fingerprint density at radius 2 is 1.64 bits per heavy atom. The maximum atomic E-state index is 11.4. The highest BCUT2D eigenvalue weighted by Crippen LogP contribution is 2.44. The zero-order chi connectivity index (χ0) is 18.7. The molecule has 25 heavy (non-hydrogen) atoms. The van der Waals surface area contributed by atoms with E-state index in [0.717, 1.165) is 57.6 Å². The molecule has 0 aliphatic heterocycles. The number of hydrogen-bond donors (Lipinski definition) is 1. The first-order chi connectivity index (χ1) is 11.8. The van der Waals surface area contributed by atoms with Crippen molar-refractivity contribution in [3.05, 3.63) is 0 Å². The molecule has 1 aliphatic rings. The van der Waals surface area contributed by atoms with Gasteiger partial charge >= 0.3 is 5.97 Å². The molecule has 148 valence electrons. The lowest BCUT2D eigenvalue weighted by atomic mass is 10.0. The first-order valence-electron chi connectivity index (χ1n) is 9.92. The molecule has 0 aromatic rings. The third-order valence-corrected chi connectivity index (χ3v) is 5.67. The van der Waals surface area contributed by atoms with Crippen molar-refractivity contribution >= 4 is 16.1 Å². The van der Waals surface area contributed by atoms with Gasteiger partial charge in [-0.05, 0) is 31.1 Å². The van der Waals surface area contributed by atoms with E-state index in [-0.39, 0.29) is 6.10 Å². The van der Waals surface area contributed by atoms with Crippen molar-refractivity contribution in [1.29, 1.82) is 0 Å². The molecule has 0 radical (unpaired) electrons. The zero-order valence-electron chi connectivity index (χ0n) is 15.9. The Labute approximate surface area is 153 Å². The minimum atomic E-state index is -3.40. The predicted octanol–water partition coefficient (Wildman–Crippen LogP) is 4.75. The smallest absolute Gasteiger partial charge is 0.303 e. The van der Waals surface area contributed by atoms with E-state index in [1.54, 1.807) is 0 Å². The van der Waals surface area contributed by atoms with Crippen LogP contribution in [0.25, 0.3) is 0 Å². The summed E-state index contributed by atoms with van der Waals surface area (Å²) in [5.74, 6) is 0.223. The summed E-state index contributed by atoms with van der Waals surface area (Å²) >= 11 is 0. The molecule has 0 aromatic carbocycles. The highest BCUT2D eigenvalue weighted by molar-refractivity contribution is 7.86. The van der Waals surface area contributed by atoms with Gasteiger partial charge in [-0.15, -0.1) is 0 Å². The Hall–Kier alpha value is -0.620. The molecule has 0 aromatic heterocycles. The largest absolute Gasteiger partial charge is 0.481 e. The van der Waals surface area contributed by atoms with Crippen molar-refractivity contribution in [2.75, 3.05) is 6.26 Å². The van der Waals surface area contributed by atoms with E-state index in [0.29, 0.717) is 18.3 Å². The summed E-state index contributed by atoms with van der Waals surface area (Å²) in [6.07, 6.45) is 14.0. The van der Waals surface area contributed by atoms with Crippen LogP contribution in [0.4, 0.5) is 0 Å². The van der Waals surface area contributed by atoms with Crippen LogP contribution in [0.15, 0.2) is 0 Å². The summed E-state index contributed by atoms with van der Waals surface area (Å²) in [7, 11) is -3.40. The minimum Gasteiger partial charge on any atom is -0.481 e.